The topological polar surface area (TPSA) is 45.2 Å². The number of carbonyl (C=O) groups excluding carboxylic acids is 1. The summed E-state index contributed by atoms with van der Waals surface area (Å²) >= 11 is 0. The number of hydrogen-bond acceptors (Lipinski definition) is 3. The Morgan fingerprint density at radius 2 is 2.00 bits per heavy atom. The molecule has 2 aromatic rings. The van der Waals surface area contributed by atoms with Gasteiger partial charge in [0.15, 0.2) is 0 Å². The van der Waals surface area contributed by atoms with Crippen LogP contribution in [0.1, 0.15) is 18.4 Å². The molecule has 0 radical (unpaired) electrons. The third-order valence-corrected chi connectivity index (χ3v) is 4.24. The van der Waals surface area contributed by atoms with E-state index in [4.69, 9.17) is 0 Å². The maximum atomic E-state index is 13.7. The quantitative estimate of drug-likeness (QED) is 0.943. The fraction of sp³-hybridized carbons (Fsp3) is 0.333. The summed E-state index contributed by atoms with van der Waals surface area (Å²) in [6.45, 7) is 2.21. The lowest BCUT2D eigenvalue weighted by Crippen LogP contribution is -2.37. The predicted molar refractivity (Wildman–Crippen MR) is 87.3 cm³/mol. The zero-order chi connectivity index (χ0) is 16.1. The Bertz CT molecular complexity index is 654. The third kappa shape index (κ3) is 4.13. The van der Waals surface area contributed by atoms with Crippen LogP contribution in [0.25, 0.3) is 0 Å². The molecule has 0 atom stereocenters. The molecule has 1 N–H and O–H groups in total. The Morgan fingerprint density at radius 1 is 1.22 bits per heavy atom. The van der Waals surface area contributed by atoms with Crippen molar-refractivity contribution in [2.75, 3.05) is 18.4 Å². The van der Waals surface area contributed by atoms with E-state index in [0.717, 1.165) is 31.6 Å². The van der Waals surface area contributed by atoms with Gasteiger partial charge in [0.2, 0.25) is 5.91 Å². The van der Waals surface area contributed by atoms with Gasteiger partial charge in [0.1, 0.15) is 5.82 Å². The molecule has 1 saturated heterocycles. The van der Waals surface area contributed by atoms with Crippen molar-refractivity contribution < 1.29 is 9.18 Å². The van der Waals surface area contributed by atoms with Gasteiger partial charge in [0.05, 0.1) is 11.9 Å². The number of nitrogens with one attached hydrogen (secondary N) is 1. The number of amides is 1. The molecule has 4 nitrogen and oxygen atoms in total. The number of anilines is 1. The average Bonchev–Trinajstić information content (AvgIpc) is 2.58. The van der Waals surface area contributed by atoms with Crippen LogP contribution in [0.4, 0.5) is 10.1 Å². The molecule has 0 spiro atoms. The number of rotatable bonds is 4. The first-order valence-electron chi connectivity index (χ1n) is 7.89. The van der Waals surface area contributed by atoms with Crippen molar-refractivity contribution in [2.45, 2.75) is 19.4 Å². The van der Waals surface area contributed by atoms with Crippen LogP contribution in [-0.2, 0) is 11.3 Å². The molecule has 0 bridgehead atoms. The summed E-state index contributed by atoms with van der Waals surface area (Å²) in [6.07, 6.45) is 4.91. The SMILES string of the molecule is O=C(Nc1cccnc1)C1CCN(Cc2ccccc2F)CC1. The Hall–Kier alpha value is -2.27. The monoisotopic (exact) mass is 313 g/mol. The molecule has 23 heavy (non-hydrogen) atoms. The average molecular weight is 313 g/mol. The van der Waals surface area contributed by atoms with Crippen LogP contribution in [0.3, 0.4) is 0 Å². The summed E-state index contributed by atoms with van der Waals surface area (Å²) < 4.78 is 13.7. The van der Waals surface area contributed by atoms with Gasteiger partial charge in [-0.05, 0) is 44.1 Å². The number of carbonyl (C=O) groups is 1. The number of benzene rings is 1. The van der Waals surface area contributed by atoms with Crippen molar-refractivity contribution in [3.63, 3.8) is 0 Å². The second-order valence-corrected chi connectivity index (χ2v) is 5.87. The molecule has 1 aromatic heterocycles. The first-order valence-corrected chi connectivity index (χ1v) is 7.89. The third-order valence-electron chi connectivity index (χ3n) is 4.24. The van der Waals surface area contributed by atoms with E-state index in [1.165, 1.54) is 6.07 Å². The Labute approximate surface area is 135 Å². The van der Waals surface area contributed by atoms with E-state index in [0.29, 0.717) is 12.1 Å². The molecule has 0 aliphatic carbocycles. The minimum absolute atomic E-state index is 0.00655. The highest BCUT2D eigenvalue weighted by atomic mass is 19.1. The summed E-state index contributed by atoms with van der Waals surface area (Å²) in [5.41, 5.74) is 1.44. The van der Waals surface area contributed by atoms with Gasteiger partial charge in [-0.3, -0.25) is 14.7 Å². The summed E-state index contributed by atoms with van der Waals surface area (Å²) in [6, 6.07) is 10.5. The maximum Gasteiger partial charge on any atom is 0.227 e. The van der Waals surface area contributed by atoms with E-state index < -0.39 is 0 Å². The van der Waals surface area contributed by atoms with Crippen molar-refractivity contribution in [3.05, 3.63) is 60.2 Å². The van der Waals surface area contributed by atoms with E-state index in [2.05, 4.69) is 15.2 Å². The second-order valence-electron chi connectivity index (χ2n) is 5.87. The van der Waals surface area contributed by atoms with Gasteiger partial charge in [-0.2, -0.15) is 0 Å². The van der Waals surface area contributed by atoms with Crippen LogP contribution in [0.2, 0.25) is 0 Å². The highest BCUT2D eigenvalue weighted by Crippen LogP contribution is 2.21. The Morgan fingerprint density at radius 3 is 2.70 bits per heavy atom. The standard InChI is InChI=1S/C18H20FN3O/c19-17-6-2-1-4-15(17)13-22-10-7-14(8-11-22)18(23)21-16-5-3-9-20-12-16/h1-6,9,12,14H,7-8,10-11,13H2,(H,21,23). The zero-order valence-electron chi connectivity index (χ0n) is 12.9. The summed E-state index contributed by atoms with van der Waals surface area (Å²) in [7, 11) is 0. The Kier molecular flexibility index (Phi) is 4.98. The summed E-state index contributed by atoms with van der Waals surface area (Å²) in [5, 5.41) is 2.91. The smallest absolute Gasteiger partial charge is 0.227 e. The van der Waals surface area contributed by atoms with Crippen LogP contribution < -0.4 is 5.32 Å². The molecule has 1 aromatic carbocycles. The number of halogens is 1. The van der Waals surface area contributed by atoms with Gasteiger partial charge >= 0.3 is 0 Å². The van der Waals surface area contributed by atoms with E-state index in [1.807, 2.05) is 18.2 Å². The van der Waals surface area contributed by atoms with Gasteiger partial charge in [0, 0.05) is 24.2 Å². The van der Waals surface area contributed by atoms with Crippen LogP contribution in [-0.4, -0.2) is 28.9 Å². The van der Waals surface area contributed by atoms with Crippen molar-refractivity contribution in [3.8, 4) is 0 Å². The molecule has 1 aliphatic rings. The van der Waals surface area contributed by atoms with E-state index in [1.54, 1.807) is 24.5 Å². The molecule has 0 saturated carbocycles. The molecule has 1 aliphatic heterocycles. The number of piperidine rings is 1. The van der Waals surface area contributed by atoms with Gasteiger partial charge in [0.25, 0.3) is 0 Å². The van der Waals surface area contributed by atoms with Crippen LogP contribution in [0.5, 0.6) is 0 Å². The Balaban J connectivity index is 1.50. The molecule has 2 heterocycles. The first kappa shape index (κ1) is 15.6. The van der Waals surface area contributed by atoms with E-state index in [-0.39, 0.29) is 17.6 Å². The van der Waals surface area contributed by atoms with Crippen molar-refractivity contribution in [2.24, 2.45) is 5.92 Å². The number of aromatic nitrogens is 1. The molecular formula is C18H20FN3O. The number of hydrogen-bond donors (Lipinski definition) is 1. The lowest BCUT2D eigenvalue weighted by molar-refractivity contribution is -0.121. The molecule has 120 valence electrons. The lowest BCUT2D eigenvalue weighted by atomic mass is 9.95. The highest BCUT2D eigenvalue weighted by Gasteiger charge is 2.25. The van der Waals surface area contributed by atoms with Gasteiger partial charge in [-0.1, -0.05) is 18.2 Å². The van der Waals surface area contributed by atoms with Crippen LogP contribution in [0, 0.1) is 11.7 Å². The maximum absolute atomic E-state index is 13.7. The fourth-order valence-electron chi connectivity index (χ4n) is 2.90. The summed E-state index contributed by atoms with van der Waals surface area (Å²) in [5.74, 6) is -0.112. The molecule has 1 amide bonds. The van der Waals surface area contributed by atoms with Gasteiger partial charge < -0.3 is 5.32 Å². The van der Waals surface area contributed by atoms with Gasteiger partial charge in [-0.15, -0.1) is 0 Å². The van der Waals surface area contributed by atoms with Gasteiger partial charge in [-0.25, -0.2) is 4.39 Å². The van der Waals surface area contributed by atoms with E-state index in [9.17, 15) is 9.18 Å². The molecular weight excluding hydrogens is 293 g/mol. The second kappa shape index (κ2) is 7.33. The minimum atomic E-state index is -0.163. The van der Waals surface area contributed by atoms with Crippen molar-refractivity contribution in [1.29, 1.82) is 0 Å². The zero-order valence-corrected chi connectivity index (χ0v) is 12.9. The van der Waals surface area contributed by atoms with Crippen LogP contribution in [0.15, 0.2) is 48.8 Å². The fourth-order valence-corrected chi connectivity index (χ4v) is 2.90. The highest BCUT2D eigenvalue weighted by molar-refractivity contribution is 5.92. The van der Waals surface area contributed by atoms with Crippen molar-refractivity contribution in [1.82, 2.24) is 9.88 Å². The predicted octanol–water partition coefficient (Wildman–Crippen LogP) is 3.07. The molecule has 0 unspecified atom stereocenters. The first-order chi connectivity index (χ1) is 11.2. The van der Waals surface area contributed by atoms with E-state index >= 15 is 0 Å². The normalized spacial score (nSPS) is 16.2. The van der Waals surface area contributed by atoms with Crippen molar-refractivity contribution >= 4 is 11.6 Å². The molecule has 3 rings (SSSR count). The number of pyridine rings is 1. The number of likely N-dealkylation sites (tertiary alicyclic amines) is 1. The minimum Gasteiger partial charge on any atom is -0.324 e. The van der Waals surface area contributed by atoms with Crippen LogP contribution >= 0.6 is 0 Å². The molecule has 5 heteroatoms. The summed E-state index contributed by atoms with van der Waals surface area (Å²) in [4.78, 5) is 18.5. The largest absolute Gasteiger partial charge is 0.324 e. The lowest BCUT2D eigenvalue weighted by Gasteiger charge is -2.31. The molecule has 1 fully saturated rings. The number of nitrogens with zero attached hydrogens (tertiary/aromatic N) is 2.